The fourth-order valence-corrected chi connectivity index (χ4v) is 12.5. The maximum absolute atomic E-state index is 7.46. The molecule has 84 heavy (non-hydrogen) atoms. The van der Waals surface area contributed by atoms with Crippen molar-refractivity contribution in [2.45, 2.75) is 157 Å². The standard InChI is InChI=1S/C78H84BN3O2/c1-73(2,3)49-23-33-55(34-24-49)80(56-35-25-50(26-36-56)74(4,5)6)60-46-66-71-70(48-60)83-69-42-32-54(78(16,17)18)44-64(69)79(71)63-43-53(77(13,14)15)31-41-65(63)82(66)59-45-62-61-21-19-20-22-68(61)84-72(62)67(47-59)81(57-37-27-51(28-38-57)75(7,8)9)58-39-29-52(30-40-58)76(10,11)12/h19-48H,1-18H3. The SMILES string of the molecule is CC(C)(C)c1ccc(N(c2ccc(C(C)(C)C)cc2)c2cc3c4c(c2)N(c2cc(N(c5ccc(C(C)(C)C)cc5)c5ccc(C(C)(C)C)cc5)c5oc6ccccc6c5c2)c2ccc(C(C)(C)C)cc2B4c2cc(C(C)(C)C)ccc2O3)cc1. The summed E-state index contributed by atoms with van der Waals surface area (Å²) in [5.74, 6) is 1.73. The number of nitrogens with zero attached hydrogens (tertiary/aromatic N) is 3. The first-order valence-corrected chi connectivity index (χ1v) is 30.3. The van der Waals surface area contributed by atoms with E-state index in [0.29, 0.717) is 0 Å². The maximum Gasteiger partial charge on any atom is 0.256 e. The molecule has 0 spiro atoms. The number of furan rings is 1. The molecule has 0 atom stereocenters. The van der Waals surface area contributed by atoms with Crippen LogP contribution in [0.2, 0.25) is 0 Å². The number of ether oxygens (including phenoxy) is 1. The number of para-hydroxylation sites is 1. The van der Waals surface area contributed by atoms with Gasteiger partial charge in [-0.05, 0) is 167 Å². The number of fused-ring (bicyclic) bond motifs is 7. The van der Waals surface area contributed by atoms with Gasteiger partial charge in [0, 0.05) is 56.7 Å². The lowest BCUT2D eigenvalue weighted by molar-refractivity contribution is 0.486. The van der Waals surface area contributed by atoms with Crippen molar-refractivity contribution in [1.82, 2.24) is 0 Å². The highest BCUT2D eigenvalue weighted by Crippen LogP contribution is 2.51. The lowest BCUT2D eigenvalue weighted by Gasteiger charge is -2.42. The average molecular weight is 1110 g/mol. The number of benzene rings is 9. The van der Waals surface area contributed by atoms with Crippen molar-refractivity contribution in [1.29, 1.82) is 0 Å². The summed E-state index contributed by atoms with van der Waals surface area (Å²) in [6.07, 6.45) is 0. The fraction of sp³-hybridized carbons (Fsp3) is 0.308. The van der Waals surface area contributed by atoms with E-state index in [1.165, 1.54) is 44.3 Å². The molecule has 0 aliphatic carbocycles. The second kappa shape index (κ2) is 19.8. The summed E-state index contributed by atoms with van der Waals surface area (Å²) in [6.45, 7) is 41.2. The first-order valence-electron chi connectivity index (χ1n) is 30.3. The van der Waals surface area contributed by atoms with Crippen molar-refractivity contribution in [2.24, 2.45) is 0 Å². The Morgan fingerprint density at radius 2 is 0.774 bits per heavy atom. The molecule has 0 unspecified atom stereocenters. The van der Waals surface area contributed by atoms with Crippen LogP contribution >= 0.6 is 0 Å². The quantitative estimate of drug-likeness (QED) is 0.149. The fourth-order valence-electron chi connectivity index (χ4n) is 12.5. The van der Waals surface area contributed by atoms with Crippen LogP contribution < -0.4 is 35.8 Å². The number of anilines is 9. The molecule has 0 bridgehead atoms. The van der Waals surface area contributed by atoms with Gasteiger partial charge in [-0.25, -0.2) is 0 Å². The highest BCUT2D eigenvalue weighted by Gasteiger charge is 2.44. The van der Waals surface area contributed by atoms with Crippen LogP contribution in [-0.4, -0.2) is 6.71 Å². The smallest absolute Gasteiger partial charge is 0.256 e. The van der Waals surface area contributed by atoms with Gasteiger partial charge in [0.2, 0.25) is 0 Å². The molecule has 10 aromatic rings. The van der Waals surface area contributed by atoms with Gasteiger partial charge >= 0.3 is 0 Å². The summed E-state index contributed by atoms with van der Waals surface area (Å²) in [4.78, 5) is 7.37. The van der Waals surface area contributed by atoms with Gasteiger partial charge in [-0.15, -0.1) is 0 Å². The zero-order valence-corrected chi connectivity index (χ0v) is 53.1. The van der Waals surface area contributed by atoms with Crippen LogP contribution in [0.15, 0.2) is 186 Å². The Kier molecular flexibility index (Phi) is 13.3. The zero-order chi connectivity index (χ0) is 59.8. The van der Waals surface area contributed by atoms with Crippen LogP contribution in [-0.2, 0) is 32.5 Å². The van der Waals surface area contributed by atoms with E-state index in [4.69, 9.17) is 9.15 Å². The Morgan fingerprint density at radius 3 is 1.25 bits per heavy atom. The van der Waals surface area contributed by atoms with Crippen molar-refractivity contribution >= 4 is 96.2 Å². The first kappa shape index (κ1) is 56.5. The third kappa shape index (κ3) is 10.2. The average Bonchev–Trinajstić information content (AvgIpc) is 0.854. The van der Waals surface area contributed by atoms with E-state index in [9.17, 15) is 0 Å². The van der Waals surface area contributed by atoms with E-state index < -0.39 is 0 Å². The number of hydrogen-bond acceptors (Lipinski definition) is 5. The van der Waals surface area contributed by atoms with Crippen molar-refractivity contribution in [3.05, 3.63) is 215 Å². The Bertz CT molecular complexity index is 4030. The Balaban J connectivity index is 1.19. The molecule has 0 radical (unpaired) electrons. The monoisotopic (exact) mass is 1110 g/mol. The van der Waals surface area contributed by atoms with Crippen LogP contribution in [0.4, 0.5) is 51.2 Å². The summed E-state index contributed by atoms with van der Waals surface area (Å²) >= 11 is 0. The Morgan fingerprint density at radius 1 is 0.345 bits per heavy atom. The highest BCUT2D eigenvalue weighted by atomic mass is 16.5. The third-order valence-electron chi connectivity index (χ3n) is 17.7. The van der Waals surface area contributed by atoms with E-state index in [1.807, 2.05) is 0 Å². The maximum atomic E-state index is 7.46. The molecule has 1 aromatic heterocycles. The molecule has 2 aliphatic rings. The van der Waals surface area contributed by atoms with Crippen molar-refractivity contribution < 1.29 is 9.15 Å². The van der Waals surface area contributed by atoms with Crippen LogP contribution in [0, 0.1) is 0 Å². The second-order valence-corrected chi connectivity index (χ2v) is 30.1. The highest BCUT2D eigenvalue weighted by molar-refractivity contribution is 6.99. The van der Waals surface area contributed by atoms with Crippen molar-refractivity contribution in [2.75, 3.05) is 14.7 Å². The first-order chi connectivity index (χ1) is 39.4. The molecule has 12 rings (SSSR count). The minimum atomic E-state index is -0.133. The van der Waals surface area contributed by atoms with Gasteiger partial charge in [-0.1, -0.05) is 216 Å². The van der Waals surface area contributed by atoms with Crippen LogP contribution in [0.3, 0.4) is 0 Å². The van der Waals surface area contributed by atoms with E-state index in [2.05, 4.69) is 321 Å². The minimum Gasteiger partial charge on any atom is -0.458 e. The normalized spacial score (nSPS) is 13.6. The molecule has 0 amide bonds. The van der Waals surface area contributed by atoms with Gasteiger partial charge < -0.3 is 23.9 Å². The van der Waals surface area contributed by atoms with Crippen LogP contribution in [0.25, 0.3) is 21.9 Å². The van der Waals surface area contributed by atoms with Gasteiger partial charge in [-0.3, -0.25) is 0 Å². The lowest BCUT2D eigenvalue weighted by Crippen LogP contribution is -2.60. The zero-order valence-electron chi connectivity index (χ0n) is 53.1. The molecule has 0 fully saturated rings. The summed E-state index contributed by atoms with van der Waals surface area (Å²) in [5.41, 5.74) is 22.0. The summed E-state index contributed by atoms with van der Waals surface area (Å²) in [5, 5.41) is 2.10. The number of hydrogen-bond donors (Lipinski definition) is 0. The Hall–Kier alpha value is -7.96. The molecular formula is C78H84BN3O2. The Labute approximate surface area is 501 Å². The van der Waals surface area contributed by atoms with Crippen molar-refractivity contribution in [3.8, 4) is 11.5 Å². The molecule has 5 nitrogen and oxygen atoms in total. The lowest BCUT2D eigenvalue weighted by atomic mass is 9.33. The molecule has 2 aliphatic heterocycles. The molecule has 9 aromatic carbocycles. The van der Waals surface area contributed by atoms with Gasteiger partial charge in [0.15, 0.2) is 5.58 Å². The van der Waals surface area contributed by atoms with Gasteiger partial charge in [0.25, 0.3) is 6.71 Å². The van der Waals surface area contributed by atoms with Gasteiger partial charge in [0.05, 0.1) is 11.4 Å². The van der Waals surface area contributed by atoms with E-state index >= 15 is 0 Å². The molecule has 426 valence electrons. The van der Waals surface area contributed by atoms with Gasteiger partial charge in [-0.2, -0.15) is 0 Å². The van der Waals surface area contributed by atoms with Gasteiger partial charge in [0.1, 0.15) is 17.1 Å². The van der Waals surface area contributed by atoms with Crippen LogP contribution in [0.1, 0.15) is 158 Å². The molecule has 0 saturated heterocycles. The summed E-state index contributed by atoms with van der Waals surface area (Å²) in [7, 11) is 0. The van der Waals surface area contributed by atoms with E-state index in [-0.39, 0.29) is 39.2 Å². The predicted molar refractivity (Wildman–Crippen MR) is 361 cm³/mol. The van der Waals surface area contributed by atoms with Crippen LogP contribution in [0.5, 0.6) is 11.5 Å². The molecule has 3 heterocycles. The molecule has 0 N–H and O–H groups in total. The van der Waals surface area contributed by atoms with E-state index in [0.717, 1.165) is 90.1 Å². The predicted octanol–water partition coefficient (Wildman–Crippen LogP) is 20.7. The second-order valence-electron chi connectivity index (χ2n) is 30.1. The van der Waals surface area contributed by atoms with E-state index in [1.54, 1.807) is 0 Å². The van der Waals surface area contributed by atoms with Crippen molar-refractivity contribution in [3.63, 3.8) is 0 Å². The minimum absolute atomic E-state index is 0.0147. The summed E-state index contributed by atoms with van der Waals surface area (Å²) in [6, 6.07) is 68.8. The molecule has 0 saturated carbocycles. The topological polar surface area (TPSA) is 32.1 Å². The summed E-state index contributed by atoms with van der Waals surface area (Å²) < 4.78 is 14.6. The molecular weight excluding hydrogens is 1020 g/mol. The third-order valence-corrected chi connectivity index (χ3v) is 17.7. The molecule has 6 heteroatoms. The largest absolute Gasteiger partial charge is 0.458 e. The number of rotatable bonds is 7.